The van der Waals surface area contributed by atoms with Crippen molar-refractivity contribution in [3.63, 3.8) is 0 Å². The minimum Gasteiger partial charge on any atom is -0.299 e. The van der Waals surface area contributed by atoms with Gasteiger partial charge in [-0.3, -0.25) is 10.1 Å². The van der Waals surface area contributed by atoms with Gasteiger partial charge in [0.25, 0.3) is 0 Å². The van der Waals surface area contributed by atoms with Crippen LogP contribution >= 0.6 is 0 Å². The summed E-state index contributed by atoms with van der Waals surface area (Å²) < 4.78 is 38.9. The normalized spacial score (nSPS) is 14.3. The second-order valence-corrected chi connectivity index (χ2v) is 5.67. The van der Waals surface area contributed by atoms with Crippen LogP contribution in [0, 0.1) is 4.91 Å². The van der Waals surface area contributed by atoms with E-state index in [1.54, 1.807) is 13.8 Å². The average molecular weight is 330 g/mol. The third-order valence-corrected chi connectivity index (χ3v) is 3.94. The van der Waals surface area contributed by atoms with Crippen molar-refractivity contribution >= 4 is 5.91 Å². The number of hydrogen-bond acceptors (Lipinski definition) is 3. The number of halogens is 3. The van der Waals surface area contributed by atoms with E-state index in [4.69, 9.17) is 0 Å². The van der Waals surface area contributed by atoms with Gasteiger partial charge >= 0.3 is 12.1 Å². The molecule has 0 fully saturated rings. The SMILES string of the molecule is CCCc1cc(CN[C@](C)(CC)C(=O)N=O)ccc1C(F)(F)F. The maximum Gasteiger partial charge on any atom is 0.416 e. The number of nitrogens with one attached hydrogen (secondary N) is 1. The summed E-state index contributed by atoms with van der Waals surface area (Å²) >= 11 is 0. The highest BCUT2D eigenvalue weighted by molar-refractivity contribution is 5.86. The van der Waals surface area contributed by atoms with Crippen molar-refractivity contribution in [3.05, 3.63) is 39.8 Å². The van der Waals surface area contributed by atoms with Gasteiger partial charge in [-0.15, -0.1) is 4.91 Å². The molecule has 23 heavy (non-hydrogen) atoms. The molecule has 0 bridgehead atoms. The van der Waals surface area contributed by atoms with Crippen LogP contribution in [0.4, 0.5) is 13.2 Å². The fourth-order valence-electron chi connectivity index (χ4n) is 2.26. The Balaban J connectivity index is 3.00. The van der Waals surface area contributed by atoms with E-state index in [1.165, 1.54) is 12.1 Å². The van der Waals surface area contributed by atoms with Gasteiger partial charge in [0.1, 0.15) is 5.54 Å². The molecule has 0 unspecified atom stereocenters. The van der Waals surface area contributed by atoms with Crippen molar-refractivity contribution in [1.29, 1.82) is 0 Å². The van der Waals surface area contributed by atoms with Crippen LogP contribution in [-0.4, -0.2) is 11.4 Å². The third kappa shape index (κ3) is 4.86. The Kier molecular flexibility index (Phi) is 6.44. The molecule has 1 atom stereocenters. The minimum atomic E-state index is -4.38. The molecule has 1 amide bonds. The number of alkyl halides is 3. The quantitative estimate of drug-likeness (QED) is 0.762. The van der Waals surface area contributed by atoms with Crippen LogP contribution in [-0.2, 0) is 23.9 Å². The molecule has 1 rings (SSSR count). The first-order chi connectivity index (χ1) is 10.7. The highest BCUT2D eigenvalue weighted by Gasteiger charge is 2.34. The van der Waals surface area contributed by atoms with E-state index in [1.807, 2.05) is 6.92 Å². The van der Waals surface area contributed by atoms with Crippen LogP contribution in [0.3, 0.4) is 0 Å². The number of carbonyl (C=O) groups is 1. The summed E-state index contributed by atoms with van der Waals surface area (Å²) in [5.74, 6) is -0.819. The highest BCUT2D eigenvalue weighted by atomic mass is 19.4. The number of nitrogens with zero attached hydrogens (tertiary/aromatic N) is 1. The topological polar surface area (TPSA) is 58.5 Å². The van der Waals surface area contributed by atoms with Gasteiger partial charge in [-0.2, -0.15) is 13.2 Å². The molecule has 0 saturated heterocycles. The largest absolute Gasteiger partial charge is 0.416 e. The lowest BCUT2D eigenvalue weighted by Gasteiger charge is -2.25. The number of rotatable bonds is 7. The Labute approximate surface area is 133 Å². The lowest BCUT2D eigenvalue weighted by Crippen LogP contribution is -2.47. The zero-order chi connectivity index (χ0) is 17.7. The van der Waals surface area contributed by atoms with E-state index < -0.39 is 23.2 Å². The van der Waals surface area contributed by atoms with E-state index >= 15 is 0 Å². The van der Waals surface area contributed by atoms with Crippen molar-refractivity contribution in [3.8, 4) is 0 Å². The summed E-state index contributed by atoms with van der Waals surface area (Å²) in [5.41, 5.74) is -0.890. The average Bonchev–Trinajstić information content (AvgIpc) is 2.51. The Bertz CT molecular complexity index is 573. The van der Waals surface area contributed by atoms with Crippen LogP contribution in [0.1, 0.15) is 50.3 Å². The molecule has 0 aliphatic rings. The van der Waals surface area contributed by atoms with Crippen LogP contribution in [0.2, 0.25) is 0 Å². The summed E-state index contributed by atoms with van der Waals surface area (Å²) in [6.45, 7) is 5.27. The van der Waals surface area contributed by atoms with Gasteiger partial charge in [-0.05, 0) is 37.0 Å². The van der Waals surface area contributed by atoms with Gasteiger partial charge in [-0.25, -0.2) is 0 Å². The predicted octanol–water partition coefficient (Wildman–Crippen LogP) is 4.21. The van der Waals surface area contributed by atoms with E-state index in [-0.39, 0.29) is 12.1 Å². The van der Waals surface area contributed by atoms with Crippen molar-refractivity contribution < 1.29 is 18.0 Å². The van der Waals surface area contributed by atoms with E-state index in [2.05, 4.69) is 10.5 Å². The number of amides is 1. The monoisotopic (exact) mass is 330 g/mol. The molecule has 7 heteroatoms. The standard InChI is InChI=1S/C16H21F3N2O2/c1-4-6-12-9-11(7-8-13(12)16(17,18)19)10-20-15(3,5-2)14(22)21-23/h7-9,20H,4-6,10H2,1-3H3/t15-/m1/s1. The summed E-state index contributed by atoms with van der Waals surface area (Å²) in [5, 5.41) is 5.35. The molecule has 0 heterocycles. The first-order valence-electron chi connectivity index (χ1n) is 7.49. The maximum atomic E-state index is 13.0. The summed E-state index contributed by atoms with van der Waals surface area (Å²) in [7, 11) is 0. The van der Waals surface area contributed by atoms with Gasteiger partial charge in [0.05, 0.1) is 5.56 Å². The van der Waals surface area contributed by atoms with Gasteiger partial charge in [-0.1, -0.05) is 32.4 Å². The molecule has 0 aliphatic carbocycles. The predicted molar refractivity (Wildman–Crippen MR) is 81.8 cm³/mol. The lowest BCUT2D eigenvalue weighted by molar-refractivity contribution is -0.138. The fraction of sp³-hybridized carbons (Fsp3) is 0.562. The van der Waals surface area contributed by atoms with Crippen molar-refractivity contribution in [1.82, 2.24) is 5.32 Å². The molecule has 1 N–H and O–H groups in total. The van der Waals surface area contributed by atoms with Gasteiger partial charge < -0.3 is 0 Å². The summed E-state index contributed by atoms with van der Waals surface area (Å²) in [6.07, 6.45) is -3.12. The molecule has 4 nitrogen and oxygen atoms in total. The number of hydrogen-bond donors (Lipinski definition) is 1. The first kappa shape index (κ1) is 19.3. The highest BCUT2D eigenvalue weighted by Crippen LogP contribution is 2.33. The molecule has 0 radical (unpaired) electrons. The van der Waals surface area contributed by atoms with Crippen molar-refractivity contribution in [2.75, 3.05) is 0 Å². The summed E-state index contributed by atoms with van der Waals surface area (Å²) in [6, 6.07) is 3.93. The number of aryl methyl sites for hydroxylation is 1. The number of benzene rings is 1. The second-order valence-electron chi connectivity index (χ2n) is 5.67. The van der Waals surface area contributed by atoms with E-state index in [0.29, 0.717) is 24.8 Å². The Morgan fingerprint density at radius 2 is 1.91 bits per heavy atom. The Hall–Kier alpha value is -1.76. The van der Waals surface area contributed by atoms with Crippen molar-refractivity contribution in [2.24, 2.45) is 5.18 Å². The van der Waals surface area contributed by atoms with Crippen LogP contribution in [0.15, 0.2) is 23.4 Å². The molecule has 1 aromatic carbocycles. The van der Waals surface area contributed by atoms with E-state index in [9.17, 15) is 22.9 Å². The molecule has 0 aliphatic heterocycles. The second kappa shape index (κ2) is 7.68. The Morgan fingerprint density at radius 3 is 2.39 bits per heavy atom. The molecule has 0 spiro atoms. The fourth-order valence-corrected chi connectivity index (χ4v) is 2.26. The summed E-state index contributed by atoms with van der Waals surface area (Å²) in [4.78, 5) is 22.0. The Morgan fingerprint density at radius 1 is 1.26 bits per heavy atom. The zero-order valence-corrected chi connectivity index (χ0v) is 13.5. The van der Waals surface area contributed by atoms with Crippen molar-refractivity contribution in [2.45, 2.75) is 58.3 Å². The van der Waals surface area contributed by atoms with Crippen LogP contribution in [0.25, 0.3) is 0 Å². The van der Waals surface area contributed by atoms with Gasteiger partial charge in [0, 0.05) is 11.7 Å². The first-order valence-corrected chi connectivity index (χ1v) is 7.49. The molecule has 0 saturated carbocycles. The van der Waals surface area contributed by atoms with E-state index in [0.717, 1.165) is 6.07 Å². The minimum absolute atomic E-state index is 0.181. The molecule has 0 aromatic heterocycles. The molecular formula is C16H21F3N2O2. The third-order valence-electron chi connectivity index (χ3n) is 3.94. The van der Waals surface area contributed by atoms with Crippen LogP contribution in [0.5, 0.6) is 0 Å². The molecular weight excluding hydrogens is 309 g/mol. The molecule has 128 valence electrons. The number of nitroso groups, excluding NO2 is 1. The van der Waals surface area contributed by atoms with Gasteiger partial charge in [0.2, 0.25) is 0 Å². The van der Waals surface area contributed by atoms with Gasteiger partial charge in [0.15, 0.2) is 0 Å². The zero-order valence-electron chi connectivity index (χ0n) is 13.5. The van der Waals surface area contributed by atoms with Crippen LogP contribution < -0.4 is 5.32 Å². The number of carbonyl (C=O) groups excluding carboxylic acids is 1. The smallest absolute Gasteiger partial charge is 0.299 e. The molecule has 1 aromatic rings. The maximum absolute atomic E-state index is 13.0. The lowest BCUT2D eigenvalue weighted by atomic mass is 9.96.